The average molecular weight is 566 g/mol. The largest absolute Gasteiger partial charge is 0.342 e. The van der Waals surface area contributed by atoms with Gasteiger partial charge in [0.15, 0.2) is 0 Å². The molecule has 0 bridgehead atoms. The molecule has 3 atom stereocenters. The number of amides is 4. The number of nitrogens with one attached hydrogen (secondary N) is 1. The Bertz CT molecular complexity index is 1130. The van der Waals surface area contributed by atoms with Crippen molar-refractivity contribution in [2.45, 2.75) is 96.2 Å². The lowest BCUT2D eigenvalue weighted by molar-refractivity contribution is -0.138. The van der Waals surface area contributed by atoms with E-state index in [2.05, 4.69) is 28.1 Å². The number of aryl methyl sites for hydroxylation is 1. The number of carbonyl (C=O) groups is 4. The molecule has 0 spiro atoms. The van der Waals surface area contributed by atoms with E-state index >= 15 is 0 Å². The Balaban J connectivity index is 1.03. The number of rotatable bonds is 10. The van der Waals surface area contributed by atoms with E-state index in [0.29, 0.717) is 30.4 Å². The number of imide groups is 1. The van der Waals surface area contributed by atoms with Crippen molar-refractivity contribution in [3.05, 3.63) is 34.9 Å². The first kappa shape index (κ1) is 29.7. The van der Waals surface area contributed by atoms with Gasteiger partial charge in [0.2, 0.25) is 17.7 Å². The fourth-order valence-electron chi connectivity index (χ4n) is 7.24. The minimum Gasteiger partial charge on any atom is -0.342 e. The molecule has 1 aromatic carbocycles. The zero-order chi connectivity index (χ0) is 28.9. The summed E-state index contributed by atoms with van der Waals surface area (Å²) in [6, 6.07) is 5.67. The van der Waals surface area contributed by atoms with Crippen LogP contribution in [0.4, 0.5) is 0 Å². The number of likely N-dealkylation sites (tertiary alicyclic amines) is 1. The number of carbonyl (C=O) groups excluding carboxylic acids is 4. The number of hydrogen-bond donors (Lipinski definition) is 2. The van der Waals surface area contributed by atoms with Gasteiger partial charge in [0.1, 0.15) is 6.04 Å². The quantitative estimate of drug-likeness (QED) is 0.422. The lowest BCUT2D eigenvalue weighted by atomic mass is 9.84. The van der Waals surface area contributed by atoms with Gasteiger partial charge in [0, 0.05) is 43.6 Å². The summed E-state index contributed by atoms with van der Waals surface area (Å²) in [5.74, 6) is 0.409. The van der Waals surface area contributed by atoms with E-state index in [1.807, 2.05) is 12.1 Å². The van der Waals surface area contributed by atoms with Crippen LogP contribution >= 0.6 is 0 Å². The first-order chi connectivity index (χ1) is 19.8. The molecule has 0 aromatic heterocycles. The second-order valence-corrected chi connectivity index (χ2v) is 12.6. The van der Waals surface area contributed by atoms with Crippen molar-refractivity contribution in [3.63, 3.8) is 0 Å². The first-order valence-corrected chi connectivity index (χ1v) is 15.9. The minimum atomic E-state index is -0.572. The van der Waals surface area contributed by atoms with Crippen LogP contribution in [-0.2, 0) is 27.3 Å². The summed E-state index contributed by atoms with van der Waals surface area (Å²) in [7, 11) is 0. The third kappa shape index (κ3) is 7.17. The lowest BCUT2D eigenvalue weighted by Crippen LogP contribution is -2.52. The Kier molecular flexibility index (Phi) is 9.75. The standard InChI is InChI=1S/C32H47N5O4/c1-2-35(16-12-22-13-17-36(18-14-22)31(40)24-6-3-7-26(33)20-24)15-4-5-23-8-9-27-25(19-23)21-37(32(27)41)28-10-11-29(38)34-30(28)39/h8-9,19,22,24,26,28H,2-7,10-18,20-21,33H2,1H3,(H,34,38,39)/t24-,26+,28?/m0/s1. The molecule has 4 aliphatic rings. The molecular weight excluding hydrogens is 518 g/mol. The summed E-state index contributed by atoms with van der Waals surface area (Å²) in [4.78, 5) is 56.0. The highest BCUT2D eigenvalue weighted by Gasteiger charge is 2.39. The van der Waals surface area contributed by atoms with Crippen molar-refractivity contribution in [2.75, 3.05) is 32.7 Å². The molecule has 9 heteroatoms. The van der Waals surface area contributed by atoms with Gasteiger partial charge in [-0.2, -0.15) is 0 Å². The zero-order valence-corrected chi connectivity index (χ0v) is 24.6. The van der Waals surface area contributed by atoms with Crippen LogP contribution in [0.5, 0.6) is 0 Å². The van der Waals surface area contributed by atoms with Crippen molar-refractivity contribution in [2.24, 2.45) is 17.6 Å². The van der Waals surface area contributed by atoms with Crippen LogP contribution in [0.25, 0.3) is 0 Å². The molecule has 2 saturated heterocycles. The van der Waals surface area contributed by atoms with Gasteiger partial charge in [-0.3, -0.25) is 24.5 Å². The van der Waals surface area contributed by atoms with Crippen molar-refractivity contribution < 1.29 is 19.2 Å². The summed E-state index contributed by atoms with van der Waals surface area (Å²) in [5, 5.41) is 2.36. The maximum absolute atomic E-state index is 13.0. The van der Waals surface area contributed by atoms with Crippen LogP contribution in [0, 0.1) is 11.8 Å². The number of hydrogen-bond acceptors (Lipinski definition) is 6. The van der Waals surface area contributed by atoms with Gasteiger partial charge < -0.3 is 20.4 Å². The van der Waals surface area contributed by atoms with Crippen LogP contribution < -0.4 is 11.1 Å². The van der Waals surface area contributed by atoms with E-state index in [9.17, 15) is 19.2 Å². The lowest BCUT2D eigenvalue weighted by Gasteiger charge is -2.36. The molecule has 9 nitrogen and oxygen atoms in total. The maximum Gasteiger partial charge on any atom is 0.255 e. The van der Waals surface area contributed by atoms with Crippen LogP contribution in [0.15, 0.2) is 18.2 Å². The number of benzene rings is 1. The molecule has 3 aliphatic heterocycles. The fraction of sp³-hybridized carbons (Fsp3) is 0.688. The van der Waals surface area contributed by atoms with E-state index in [1.54, 1.807) is 4.90 Å². The number of nitrogens with two attached hydrogens (primary N) is 1. The van der Waals surface area contributed by atoms with Crippen LogP contribution in [0.2, 0.25) is 0 Å². The molecule has 3 N–H and O–H groups in total. The monoisotopic (exact) mass is 565 g/mol. The number of fused-ring (bicyclic) bond motifs is 1. The van der Waals surface area contributed by atoms with Gasteiger partial charge in [-0.1, -0.05) is 25.5 Å². The van der Waals surface area contributed by atoms with Crippen molar-refractivity contribution in [3.8, 4) is 0 Å². The molecule has 1 saturated carbocycles. The predicted octanol–water partition coefficient (Wildman–Crippen LogP) is 2.85. The zero-order valence-electron chi connectivity index (χ0n) is 24.6. The highest BCUT2D eigenvalue weighted by Crippen LogP contribution is 2.30. The fourth-order valence-corrected chi connectivity index (χ4v) is 7.24. The predicted molar refractivity (Wildman–Crippen MR) is 157 cm³/mol. The van der Waals surface area contributed by atoms with Crippen molar-refractivity contribution in [1.82, 2.24) is 20.0 Å². The first-order valence-electron chi connectivity index (χ1n) is 15.9. The average Bonchev–Trinajstić information content (AvgIpc) is 3.29. The number of piperidine rings is 2. The summed E-state index contributed by atoms with van der Waals surface area (Å²) in [5.41, 5.74) is 8.98. The highest BCUT2D eigenvalue weighted by molar-refractivity contribution is 6.05. The van der Waals surface area contributed by atoms with Crippen LogP contribution in [-0.4, -0.2) is 83.1 Å². The maximum atomic E-state index is 13.0. The topological polar surface area (TPSA) is 116 Å². The van der Waals surface area contributed by atoms with Gasteiger partial charge in [-0.25, -0.2) is 0 Å². The van der Waals surface area contributed by atoms with Crippen molar-refractivity contribution >= 4 is 23.6 Å². The summed E-state index contributed by atoms with van der Waals surface area (Å²) in [6.07, 6.45) is 10.0. The Hall–Kier alpha value is -2.78. The SMILES string of the molecule is CCN(CCCc1ccc2c(c1)CN(C1CCC(=O)NC1=O)C2=O)CCC1CCN(C(=O)[C@H]2CCC[C@@H](N)C2)CC1. The molecule has 1 unspecified atom stereocenters. The van der Waals surface area contributed by atoms with E-state index in [-0.39, 0.29) is 36.1 Å². The second-order valence-electron chi connectivity index (χ2n) is 12.6. The van der Waals surface area contributed by atoms with Crippen LogP contribution in [0.1, 0.15) is 92.6 Å². The molecule has 4 amide bonds. The second kappa shape index (κ2) is 13.5. The minimum absolute atomic E-state index is 0.119. The molecule has 3 fully saturated rings. The molecule has 41 heavy (non-hydrogen) atoms. The third-order valence-corrected chi connectivity index (χ3v) is 9.82. The van der Waals surface area contributed by atoms with E-state index in [1.165, 1.54) is 12.0 Å². The normalized spacial score (nSPS) is 25.5. The van der Waals surface area contributed by atoms with E-state index in [4.69, 9.17) is 5.73 Å². The molecule has 1 aromatic rings. The Morgan fingerprint density at radius 1 is 1.07 bits per heavy atom. The molecule has 3 heterocycles. The van der Waals surface area contributed by atoms with Gasteiger partial charge in [-0.15, -0.1) is 0 Å². The van der Waals surface area contributed by atoms with Gasteiger partial charge in [-0.05, 0) is 101 Å². The van der Waals surface area contributed by atoms with E-state index < -0.39 is 6.04 Å². The summed E-state index contributed by atoms with van der Waals surface area (Å²) in [6.45, 7) is 7.58. The van der Waals surface area contributed by atoms with Crippen molar-refractivity contribution in [1.29, 1.82) is 0 Å². The van der Waals surface area contributed by atoms with Gasteiger partial charge >= 0.3 is 0 Å². The highest BCUT2D eigenvalue weighted by atomic mass is 16.2. The number of nitrogens with zero attached hydrogens (tertiary/aromatic N) is 3. The van der Waals surface area contributed by atoms with E-state index in [0.717, 1.165) is 89.7 Å². The van der Waals surface area contributed by atoms with Gasteiger partial charge in [0.25, 0.3) is 5.91 Å². The Morgan fingerprint density at radius 3 is 2.61 bits per heavy atom. The Morgan fingerprint density at radius 2 is 1.88 bits per heavy atom. The van der Waals surface area contributed by atoms with Gasteiger partial charge in [0.05, 0.1) is 0 Å². The molecule has 5 rings (SSSR count). The third-order valence-electron chi connectivity index (χ3n) is 9.82. The molecule has 1 aliphatic carbocycles. The molecule has 0 radical (unpaired) electrons. The van der Waals surface area contributed by atoms with Crippen LogP contribution in [0.3, 0.4) is 0 Å². The summed E-state index contributed by atoms with van der Waals surface area (Å²) >= 11 is 0. The summed E-state index contributed by atoms with van der Waals surface area (Å²) < 4.78 is 0. The molecular formula is C32H47N5O4. The Labute approximate surface area is 244 Å². The molecule has 224 valence electrons. The smallest absolute Gasteiger partial charge is 0.255 e.